The standard InChI is InChI=1S/C20H18FN3O2/c1-2-18(20(26)22-16-10-8-15(21)9-11-16)24-19(25)13-12-17(23-24)14-6-4-3-5-7-14/h3-13,18H,2H2,1H3,(H,22,26). The number of nitrogens with zero attached hydrogens (tertiary/aromatic N) is 2. The van der Waals surface area contributed by atoms with Gasteiger partial charge in [0.1, 0.15) is 11.9 Å². The van der Waals surface area contributed by atoms with E-state index in [1.165, 1.54) is 35.0 Å². The van der Waals surface area contributed by atoms with E-state index in [1.807, 2.05) is 30.3 Å². The lowest BCUT2D eigenvalue weighted by Gasteiger charge is -2.17. The van der Waals surface area contributed by atoms with Crippen LogP contribution in [0.5, 0.6) is 0 Å². The average Bonchev–Trinajstić information content (AvgIpc) is 2.66. The maximum Gasteiger partial charge on any atom is 0.267 e. The molecule has 1 unspecified atom stereocenters. The molecule has 0 fully saturated rings. The Morgan fingerprint density at radius 1 is 1.08 bits per heavy atom. The summed E-state index contributed by atoms with van der Waals surface area (Å²) in [5.41, 5.74) is 1.57. The normalized spacial score (nSPS) is 11.8. The Balaban J connectivity index is 1.90. The van der Waals surface area contributed by atoms with Crippen molar-refractivity contribution in [1.82, 2.24) is 9.78 Å². The molecule has 26 heavy (non-hydrogen) atoms. The maximum absolute atomic E-state index is 13.0. The summed E-state index contributed by atoms with van der Waals surface area (Å²) in [4.78, 5) is 24.9. The fourth-order valence-electron chi connectivity index (χ4n) is 2.64. The van der Waals surface area contributed by atoms with E-state index in [9.17, 15) is 14.0 Å². The third kappa shape index (κ3) is 3.85. The first-order valence-corrected chi connectivity index (χ1v) is 8.30. The molecule has 1 heterocycles. The number of carbonyl (C=O) groups is 1. The number of hydrogen-bond donors (Lipinski definition) is 1. The molecule has 1 aromatic heterocycles. The van der Waals surface area contributed by atoms with Gasteiger partial charge in [0.2, 0.25) is 5.91 Å². The van der Waals surface area contributed by atoms with Gasteiger partial charge in [0, 0.05) is 17.3 Å². The Kier molecular flexibility index (Phi) is 5.22. The summed E-state index contributed by atoms with van der Waals surface area (Å²) in [5.74, 6) is -0.762. The van der Waals surface area contributed by atoms with E-state index < -0.39 is 6.04 Å². The van der Waals surface area contributed by atoms with Gasteiger partial charge in [-0.05, 0) is 36.8 Å². The van der Waals surface area contributed by atoms with Crippen LogP contribution in [0.25, 0.3) is 11.3 Å². The summed E-state index contributed by atoms with van der Waals surface area (Å²) in [6.45, 7) is 1.80. The molecule has 5 nitrogen and oxygen atoms in total. The van der Waals surface area contributed by atoms with E-state index in [1.54, 1.807) is 13.0 Å². The number of amides is 1. The van der Waals surface area contributed by atoms with Gasteiger partial charge in [-0.1, -0.05) is 37.3 Å². The number of benzene rings is 2. The zero-order chi connectivity index (χ0) is 18.5. The Bertz CT molecular complexity index is 953. The number of carbonyl (C=O) groups excluding carboxylic acids is 1. The van der Waals surface area contributed by atoms with Crippen LogP contribution in [0.1, 0.15) is 19.4 Å². The molecule has 0 spiro atoms. The van der Waals surface area contributed by atoms with Gasteiger partial charge in [0.25, 0.3) is 5.56 Å². The zero-order valence-corrected chi connectivity index (χ0v) is 14.2. The molecule has 3 aromatic rings. The highest BCUT2D eigenvalue weighted by Gasteiger charge is 2.21. The first-order chi connectivity index (χ1) is 12.6. The molecule has 0 aliphatic heterocycles. The quantitative estimate of drug-likeness (QED) is 0.763. The van der Waals surface area contributed by atoms with Crippen molar-refractivity contribution >= 4 is 11.6 Å². The lowest BCUT2D eigenvalue weighted by atomic mass is 10.1. The van der Waals surface area contributed by atoms with Gasteiger partial charge >= 0.3 is 0 Å². The van der Waals surface area contributed by atoms with Gasteiger partial charge in [-0.25, -0.2) is 9.07 Å². The van der Waals surface area contributed by atoms with Crippen molar-refractivity contribution in [3.8, 4) is 11.3 Å². The maximum atomic E-state index is 13.0. The van der Waals surface area contributed by atoms with E-state index >= 15 is 0 Å². The van der Waals surface area contributed by atoms with E-state index in [0.717, 1.165) is 5.56 Å². The largest absolute Gasteiger partial charge is 0.324 e. The first kappa shape index (κ1) is 17.5. The third-order valence-corrected chi connectivity index (χ3v) is 3.99. The van der Waals surface area contributed by atoms with Crippen LogP contribution >= 0.6 is 0 Å². The van der Waals surface area contributed by atoms with Crippen LogP contribution in [0.2, 0.25) is 0 Å². The van der Waals surface area contributed by atoms with Crippen molar-refractivity contribution in [1.29, 1.82) is 0 Å². The second kappa shape index (κ2) is 7.74. The second-order valence-corrected chi connectivity index (χ2v) is 5.79. The number of hydrogen-bond acceptors (Lipinski definition) is 3. The molecule has 1 amide bonds. The molecule has 0 saturated carbocycles. The van der Waals surface area contributed by atoms with Crippen LogP contribution < -0.4 is 10.9 Å². The Hall–Kier alpha value is -3.28. The predicted molar refractivity (Wildman–Crippen MR) is 98.3 cm³/mol. The first-order valence-electron chi connectivity index (χ1n) is 8.30. The predicted octanol–water partition coefficient (Wildman–Crippen LogP) is 3.64. The fraction of sp³-hybridized carbons (Fsp3) is 0.150. The highest BCUT2D eigenvalue weighted by atomic mass is 19.1. The van der Waals surface area contributed by atoms with Crippen LogP contribution in [0.4, 0.5) is 10.1 Å². The number of rotatable bonds is 5. The van der Waals surface area contributed by atoms with Crippen LogP contribution in [-0.4, -0.2) is 15.7 Å². The van der Waals surface area contributed by atoms with E-state index in [2.05, 4.69) is 10.4 Å². The number of halogens is 1. The molecule has 0 aliphatic rings. The van der Waals surface area contributed by atoms with Gasteiger partial charge in [0.15, 0.2) is 0 Å². The van der Waals surface area contributed by atoms with Crippen LogP contribution in [0, 0.1) is 5.82 Å². The minimum atomic E-state index is -0.767. The molecule has 6 heteroatoms. The Morgan fingerprint density at radius 3 is 2.42 bits per heavy atom. The molecule has 3 rings (SSSR count). The summed E-state index contributed by atoms with van der Waals surface area (Å²) in [6.07, 6.45) is 0.387. The van der Waals surface area contributed by atoms with E-state index in [0.29, 0.717) is 17.8 Å². The Labute approximate surface area is 150 Å². The molecule has 1 N–H and O–H groups in total. The summed E-state index contributed by atoms with van der Waals surface area (Å²) in [6, 6.07) is 17.2. The van der Waals surface area contributed by atoms with Crippen molar-refractivity contribution < 1.29 is 9.18 Å². The zero-order valence-electron chi connectivity index (χ0n) is 14.2. The van der Waals surface area contributed by atoms with Crippen molar-refractivity contribution in [2.45, 2.75) is 19.4 Å². The molecule has 0 saturated heterocycles. The lowest BCUT2D eigenvalue weighted by Crippen LogP contribution is -2.34. The van der Waals surface area contributed by atoms with Gasteiger partial charge in [0.05, 0.1) is 5.69 Å². The summed E-state index contributed by atoms with van der Waals surface area (Å²) < 4.78 is 14.2. The molecular formula is C20H18FN3O2. The van der Waals surface area contributed by atoms with Crippen molar-refractivity contribution in [2.24, 2.45) is 0 Å². The number of nitrogens with one attached hydrogen (secondary N) is 1. The molecule has 0 bridgehead atoms. The van der Waals surface area contributed by atoms with E-state index in [-0.39, 0.29) is 17.3 Å². The van der Waals surface area contributed by atoms with Crippen LogP contribution in [0.3, 0.4) is 0 Å². The average molecular weight is 351 g/mol. The highest BCUT2D eigenvalue weighted by Crippen LogP contribution is 2.18. The molecule has 1 atom stereocenters. The Morgan fingerprint density at radius 2 is 1.77 bits per heavy atom. The molecule has 2 aromatic carbocycles. The monoisotopic (exact) mass is 351 g/mol. The van der Waals surface area contributed by atoms with E-state index in [4.69, 9.17) is 0 Å². The van der Waals surface area contributed by atoms with Crippen LogP contribution in [0.15, 0.2) is 71.5 Å². The lowest BCUT2D eigenvalue weighted by molar-refractivity contribution is -0.119. The van der Waals surface area contributed by atoms with Crippen LogP contribution in [-0.2, 0) is 4.79 Å². The van der Waals surface area contributed by atoms with Crippen molar-refractivity contribution in [3.05, 3.63) is 82.9 Å². The minimum Gasteiger partial charge on any atom is -0.324 e. The van der Waals surface area contributed by atoms with Gasteiger partial charge in [-0.2, -0.15) is 5.10 Å². The fourth-order valence-corrected chi connectivity index (χ4v) is 2.64. The second-order valence-electron chi connectivity index (χ2n) is 5.79. The molecule has 0 radical (unpaired) electrons. The summed E-state index contributed by atoms with van der Waals surface area (Å²) >= 11 is 0. The third-order valence-electron chi connectivity index (χ3n) is 3.99. The van der Waals surface area contributed by atoms with Crippen molar-refractivity contribution in [3.63, 3.8) is 0 Å². The van der Waals surface area contributed by atoms with Gasteiger partial charge in [-0.15, -0.1) is 0 Å². The summed E-state index contributed by atoms with van der Waals surface area (Å²) in [7, 11) is 0. The van der Waals surface area contributed by atoms with Gasteiger partial charge < -0.3 is 5.32 Å². The SMILES string of the molecule is CCC(C(=O)Nc1ccc(F)cc1)n1nc(-c2ccccc2)ccc1=O. The molecule has 0 aliphatic carbocycles. The number of anilines is 1. The molecular weight excluding hydrogens is 333 g/mol. The number of aromatic nitrogens is 2. The topological polar surface area (TPSA) is 64.0 Å². The van der Waals surface area contributed by atoms with Crippen molar-refractivity contribution in [2.75, 3.05) is 5.32 Å². The summed E-state index contributed by atoms with van der Waals surface area (Å²) in [5, 5.41) is 7.07. The molecule has 132 valence electrons. The van der Waals surface area contributed by atoms with Gasteiger partial charge in [-0.3, -0.25) is 9.59 Å². The smallest absolute Gasteiger partial charge is 0.267 e. The highest BCUT2D eigenvalue weighted by molar-refractivity contribution is 5.93. The minimum absolute atomic E-state index is 0.356.